The molecule has 0 unspecified atom stereocenters. The van der Waals surface area contributed by atoms with E-state index in [0.717, 1.165) is 68.0 Å². The predicted molar refractivity (Wildman–Crippen MR) is 123 cm³/mol. The van der Waals surface area contributed by atoms with Gasteiger partial charge in [0.25, 0.3) is 0 Å². The van der Waals surface area contributed by atoms with Crippen molar-refractivity contribution in [1.29, 1.82) is 0 Å². The number of nitrogens with one attached hydrogen (secondary N) is 1. The molecule has 0 aromatic carbocycles. The summed E-state index contributed by atoms with van der Waals surface area (Å²) in [6.45, 7) is 1.86. The van der Waals surface area contributed by atoms with Gasteiger partial charge in [-0.2, -0.15) is 0 Å². The summed E-state index contributed by atoms with van der Waals surface area (Å²) < 4.78 is 0. The summed E-state index contributed by atoms with van der Waals surface area (Å²) in [6.07, 6.45) is 9.82. The first kappa shape index (κ1) is 19.7. The number of thiazole rings is 1. The van der Waals surface area contributed by atoms with Crippen LogP contribution in [0.4, 0.5) is 5.13 Å². The fraction of sp³-hybridized carbons (Fsp3) is 0.435. The van der Waals surface area contributed by atoms with Crippen LogP contribution in [-0.2, 0) is 10.2 Å². The minimum absolute atomic E-state index is 0.244. The summed E-state index contributed by atoms with van der Waals surface area (Å²) >= 11 is 3.41. The molecule has 156 valence electrons. The Morgan fingerprint density at radius 2 is 1.97 bits per heavy atom. The first-order valence-electron chi connectivity index (χ1n) is 10.7. The monoisotopic (exact) mass is 438 g/mol. The molecule has 1 saturated carbocycles. The lowest BCUT2D eigenvalue weighted by Gasteiger charge is -2.35. The number of amides is 1. The normalized spacial score (nSPS) is 19.1. The van der Waals surface area contributed by atoms with Crippen molar-refractivity contribution in [1.82, 2.24) is 15.3 Å². The fourth-order valence-corrected chi connectivity index (χ4v) is 6.58. The number of nitrogens with zero attached hydrogens (tertiary/aromatic N) is 3. The van der Waals surface area contributed by atoms with E-state index in [1.165, 1.54) is 4.88 Å². The van der Waals surface area contributed by atoms with Crippen LogP contribution < -0.4 is 10.2 Å². The number of piperidine rings is 1. The predicted octanol–water partition coefficient (Wildman–Crippen LogP) is 4.86. The highest BCUT2D eigenvalue weighted by Gasteiger charge is 2.44. The highest BCUT2D eigenvalue weighted by Crippen LogP contribution is 2.43. The van der Waals surface area contributed by atoms with Crippen molar-refractivity contribution in [2.24, 2.45) is 0 Å². The van der Waals surface area contributed by atoms with Crippen LogP contribution in [0.15, 0.2) is 47.4 Å². The van der Waals surface area contributed by atoms with Gasteiger partial charge in [0.2, 0.25) is 5.91 Å². The Labute approximate surface area is 185 Å². The zero-order valence-corrected chi connectivity index (χ0v) is 18.6. The lowest BCUT2D eigenvalue weighted by Crippen LogP contribution is -2.50. The third-order valence-corrected chi connectivity index (χ3v) is 8.41. The average Bonchev–Trinajstić information content (AvgIpc) is 3.57. The number of rotatable bonds is 5. The van der Waals surface area contributed by atoms with E-state index in [2.05, 4.69) is 38.1 Å². The van der Waals surface area contributed by atoms with E-state index < -0.39 is 0 Å². The highest BCUT2D eigenvalue weighted by atomic mass is 32.1. The van der Waals surface area contributed by atoms with Crippen molar-refractivity contribution in [3.63, 3.8) is 0 Å². The number of anilines is 1. The minimum Gasteiger partial charge on any atom is -0.352 e. The summed E-state index contributed by atoms with van der Waals surface area (Å²) in [7, 11) is 0. The van der Waals surface area contributed by atoms with Crippen molar-refractivity contribution in [3.8, 4) is 11.3 Å². The zero-order chi connectivity index (χ0) is 20.4. The molecule has 1 saturated heterocycles. The van der Waals surface area contributed by atoms with Gasteiger partial charge < -0.3 is 10.2 Å². The molecule has 5 rings (SSSR count). The van der Waals surface area contributed by atoms with E-state index in [0.29, 0.717) is 0 Å². The standard InChI is InChI=1S/C23H26N4OS2/c28-21(23(9-1-2-10-23)20-6-4-14-29-20)25-18-7-12-27(13-8-18)22-26-19(16-30-22)17-5-3-11-24-15-17/h3-6,11,14-16,18H,1-2,7-10,12-13H2,(H,25,28). The molecule has 1 aliphatic carbocycles. The molecular formula is C23H26N4OS2. The zero-order valence-electron chi connectivity index (χ0n) is 16.9. The van der Waals surface area contributed by atoms with Crippen molar-refractivity contribution in [2.75, 3.05) is 18.0 Å². The molecule has 30 heavy (non-hydrogen) atoms. The summed E-state index contributed by atoms with van der Waals surface area (Å²) in [6, 6.07) is 8.44. The quantitative estimate of drug-likeness (QED) is 0.618. The van der Waals surface area contributed by atoms with Crippen molar-refractivity contribution in [3.05, 3.63) is 52.3 Å². The lowest BCUT2D eigenvalue weighted by molar-refractivity contribution is -0.127. The Balaban J connectivity index is 1.20. The number of hydrogen-bond acceptors (Lipinski definition) is 6. The first-order valence-corrected chi connectivity index (χ1v) is 12.5. The molecule has 1 N–H and O–H groups in total. The summed E-state index contributed by atoms with van der Waals surface area (Å²) in [5.41, 5.74) is 1.74. The molecule has 7 heteroatoms. The molecule has 0 atom stereocenters. The van der Waals surface area contributed by atoms with Gasteiger partial charge in [-0.1, -0.05) is 18.9 Å². The van der Waals surface area contributed by atoms with E-state index in [4.69, 9.17) is 4.98 Å². The van der Waals surface area contributed by atoms with Crippen LogP contribution in [0.2, 0.25) is 0 Å². The van der Waals surface area contributed by atoms with Gasteiger partial charge in [0.1, 0.15) is 0 Å². The van der Waals surface area contributed by atoms with Crippen molar-refractivity contribution >= 4 is 33.7 Å². The minimum atomic E-state index is -0.292. The maximum absolute atomic E-state index is 13.3. The van der Waals surface area contributed by atoms with Crippen LogP contribution in [0.1, 0.15) is 43.4 Å². The van der Waals surface area contributed by atoms with Gasteiger partial charge in [-0.3, -0.25) is 9.78 Å². The summed E-state index contributed by atoms with van der Waals surface area (Å²) in [5, 5.41) is 8.66. The molecule has 2 fully saturated rings. The highest BCUT2D eigenvalue weighted by molar-refractivity contribution is 7.14. The Morgan fingerprint density at radius 1 is 1.13 bits per heavy atom. The molecule has 3 aromatic heterocycles. The summed E-state index contributed by atoms with van der Waals surface area (Å²) in [4.78, 5) is 25.9. The van der Waals surface area contributed by atoms with Crippen LogP contribution in [0.25, 0.3) is 11.3 Å². The molecule has 1 aliphatic heterocycles. The number of pyridine rings is 1. The van der Waals surface area contributed by atoms with E-state index in [1.54, 1.807) is 28.9 Å². The fourth-order valence-electron chi connectivity index (χ4n) is 4.71. The second kappa shape index (κ2) is 8.47. The van der Waals surface area contributed by atoms with E-state index in [9.17, 15) is 4.79 Å². The van der Waals surface area contributed by atoms with Crippen LogP contribution in [0, 0.1) is 0 Å². The van der Waals surface area contributed by atoms with Crippen molar-refractivity contribution < 1.29 is 4.79 Å². The van der Waals surface area contributed by atoms with Gasteiger partial charge >= 0.3 is 0 Å². The van der Waals surface area contributed by atoms with Gasteiger partial charge in [-0.25, -0.2) is 4.98 Å². The molecule has 5 nitrogen and oxygen atoms in total. The number of aromatic nitrogens is 2. The first-order chi connectivity index (χ1) is 14.7. The Kier molecular flexibility index (Phi) is 5.56. The van der Waals surface area contributed by atoms with Gasteiger partial charge in [0.05, 0.1) is 11.1 Å². The number of carbonyl (C=O) groups excluding carboxylic acids is 1. The average molecular weight is 439 g/mol. The molecule has 3 aromatic rings. The maximum Gasteiger partial charge on any atom is 0.231 e. The maximum atomic E-state index is 13.3. The third-order valence-electron chi connectivity index (χ3n) is 6.43. The Morgan fingerprint density at radius 3 is 2.67 bits per heavy atom. The molecular weight excluding hydrogens is 412 g/mol. The molecule has 0 bridgehead atoms. The van der Waals surface area contributed by atoms with E-state index >= 15 is 0 Å². The van der Waals surface area contributed by atoms with Crippen LogP contribution >= 0.6 is 22.7 Å². The van der Waals surface area contributed by atoms with Gasteiger partial charge in [-0.15, -0.1) is 22.7 Å². The lowest BCUT2D eigenvalue weighted by atomic mass is 9.83. The van der Waals surface area contributed by atoms with Crippen LogP contribution in [0.5, 0.6) is 0 Å². The smallest absolute Gasteiger partial charge is 0.231 e. The van der Waals surface area contributed by atoms with Crippen molar-refractivity contribution in [2.45, 2.75) is 50.0 Å². The van der Waals surface area contributed by atoms with Gasteiger partial charge in [-0.05, 0) is 49.3 Å². The largest absolute Gasteiger partial charge is 0.352 e. The van der Waals surface area contributed by atoms with Gasteiger partial charge in [0, 0.05) is 47.3 Å². The SMILES string of the molecule is O=C(NC1CCN(c2nc(-c3cccnc3)cs2)CC1)C1(c2cccs2)CCCC1. The Hall–Kier alpha value is -2.25. The topological polar surface area (TPSA) is 58.1 Å². The molecule has 4 heterocycles. The van der Waals surface area contributed by atoms with Gasteiger partial charge in [0.15, 0.2) is 5.13 Å². The Bertz CT molecular complexity index is 972. The second-order valence-electron chi connectivity index (χ2n) is 8.26. The molecule has 0 spiro atoms. The summed E-state index contributed by atoms with van der Waals surface area (Å²) in [5.74, 6) is 0.244. The number of hydrogen-bond donors (Lipinski definition) is 1. The molecule has 1 amide bonds. The molecule has 0 radical (unpaired) electrons. The van der Waals surface area contributed by atoms with Crippen LogP contribution in [0.3, 0.4) is 0 Å². The molecule has 2 aliphatic rings. The third kappa shape index (κ3) is 3.76. The van der Waals surface area contributed by atoms with E-state index in [1.807, 2.05) is 18.3 Å². The number of thiophene rings is 1. The second-order valence-corrected chi connectivity index (χ2v) is 10.0. The van der Waals surface area contributed by atoms with E-state index in [-0.39, 0.29) is 17.4 Å². The van der Waals surface area contributed by atoms with Crippen LogP contribution in [-0.4, -0.2) is 35.0 Å². The number of carbonyl (C=O) groups is 1.